The fourth-order valence-electron chi connectivity index (χ4n) is 3.66. The van der Waals surface area contributed by atoms with Crippen molar-refractivity contribution in [3.63, 3.8) is 0 Å². The standard InChI is InChI=1S/C21H35NO2/c1-16(17-8-6-5-7-9-17)22-14-19(23)15-24-20-12-10-18(11-13-20)21(2,3)4/h5-9,16,18-20,22-23H,10-15H2,1-4H3/p+1. The molecule has 0 aliphatic heterocycles. The van der Waals surface area contributed by atoms with E-state index in [1.807, 2.05) is 6.07 Å². The molecule has 0 bridgehead atoms. The Labute approximate surface area is 147 Å². The zero-order valence-electron chi connectivity index (χ0n) is 15.9. The molecule has 2 unspecified atom stereocenters. The molecule has 0 saturated heterocycles. The minimum atomic E-state index is -0.392. The van der Waals surface area contributed by atoms with Gasteiger partial charge in [-0.2, -0.15) is 0 Å². The molecular weight excluding hydrogens is 298 g/mol. The Hall–Kier alpha value is -0.900. The molecule has 0 heterocycles. The number of benzene rings is 1. The number of hydrogen-bond acceptors (Lipinski definition) is 2. The van der Waals surface area contributed by atoms with Gasteiger partial charge in [0, 0.05) is 5.56 Å². The van der Waals surface area contributed by atoms with Gasteiger partial charge >= 0.3 is 0 Å². The highest BCUT2D eigenvalue weighted by atomic mass is 16.5. The molecule has 3 nitrogen and oxygen atoms in total. The Balaban J connectivity index is 1.63. The normalized spacial score (nSPS) is 24.5. The van der Waals surface area contributed by atoms with Crippen LogP contribution in [0.5, 0.6) is 0 Å². The van der Waals surface area contributed by atoms with Crippen LogP contribution in [0, 0.1) is 11.3 Å². The van der Waals surface area contributed by atoms with E-state index in [-0.39, 0.29) is 0 Å². The molecule has 1 fully saturated rings. The maximum Gasteiger partial charge on any atom is 0.126 e. The molecule has 1 aliphatic carbocycles. The summed E-state index contributed by atoms with van der Waals surface area (Å²) in [6.45, 7) is 10.3. The maximum absolute atomic E-state index is 10.2. The smallest absolute Gasteiger partial charge is 0.126 e. The van der Waals surface area contributed by atoms with E-state index in [1.165, 1.54) is 18.4 Å². The summed E-state index contributed by atoms with van der Waals surface area (Å²) in [5.74, 6) is 0.808. The van der Waals surface area contributed by atoms with Crippen molar-refractivity contribution < 1.29 is 15.2 Å². The van der Waals surface area contributed by atoms with Crippen LogP contribution in [0.1, 0.15) is 65.0 Å². The molecule has 1 aliphatic rings. The maximum atomic E-state index is 10.2. The van der Waals surface area contributed by atoms with E-state index in [9.17, 15) is 5.11 Å². The molecule has 3 N–H and O–H groups in total. The van der Waals surface area contributed by atoms with Crippen molar-refractivity contribution in [1.29, 1.82) is 0 Å². The van der Waals surface area contributed by atoms with Gasteiger partial charge in [0.25, 0.3) is 0 Å². The van der Waals surface area contributed by atoms with Crippen molar-refractivity contribution >= 4 is 0 Å². The van der Waals surface area contributed by atoms with Crippen LogP contribution < -0.4 is 5.32 Å². The van der Waals surface area contributed by atoms with Gasteiger partial charge in [0.1, 0.15) is 18.7 Å². The number of hydrogen-bond donors (Lipinski definition) is 2. The third kappa shape index (κ3) is 6.19. The highest BCUT2D eigenvalue weighted by molar-refractivity contribution is 5.16. The second-order valence-electron chi connectivity index (χ2n) is 8.50. The first-order valence-corrected chi connectivity index (χ1v) is 9.54. The van der Waals surface area contributed by atoms with E-state index >= 15 is 0 Å². The highest BCUT2D eigenvalue weighted by Crippen LogP contribution is 2.38. The minimum Gasteiger partial charge on any atom is -0.385 e. The van der Waals surface area contributed by atoms with Crippen LogP contribution in [0.2, 0.25) is 0 Å². The first-order valence-electron chi connectivity index (χ1n) is 9.54. The second-order valence-corrected chi connectivity index (χ2v) is 8.50. The number of aliphatic hydroxyl groups is 1. The first kappa shape index (κ1) is 19.4. The van der Waals surface area contributed by atoms with Crippen molar-refractivity contribution in [1.82, 2.24) is 0 Å². The Kier molecular flexibility index (Phi) is 7.27. The molecule has 0 spiro atoms. The number of ether oxygens (including phenoxy) is 1. The molecule has 0 aromatic heterocycles. The van der Waals surface area contributed by atoms with Gasteiger partial charge in [0.2, 0.25) is 0 Å². The summed E-state index contributed by atoms with van der Waals surface area (Å²) in [6.07, 6.45) is 4.72. The summed E-state index contributed by atoms with van der Waals surface area (Å²) in [5, 5.41) is 12.4. The third-order valence-corrected chi connectivity index (χ3v) is 5.51. The summed E-state index contributed by atoms with van der Waals surface area (Å²) in [6, 6.07) is 10.8. The molecule has 136 valence electrons. The molecule has 3 heteroatoms. The lowest BCUT2D eigenvalue weighted by Gasteiger charge is -2.37. The lowest BCUT2D eigenvalue weighted by atomic mass is 9.72. The summed E-state index contributed by atoms with van der Waals surface area (Å²) < 4.78 is 5.97. The van der Waals surface area contributed by atoms with Crippen LogP contribution in [0.3, 0.4) is 0 Å². The first-order chi connectivity index (χ1) is 11.4. The largest absolute Gasteiger partial charge is 0.385 e. The van der Waals surface area contributed by atoms with Crippen LogP contribution in [0.4, 0.5) is 0 Å². The Morgan fingerprint density at radius 3 is 2.33 bits per heavy atom. The average molecular weight is 335 g/mol. The van der Waals surface area contributed by atoms with Crippen LogP contribution >= 0.6 is 0 Å². The summed E-state index contributed by atoms with van der Waals surface area (Å²) in [4.78, 5) is 0. The van der Waals surface area contributed by atoms with E-state index in [4.69, 9.17) is 4.74 Å². The van der Waals surface area contributed by atoms with Crippen LogP contribution in [0.25, 0.3) is 0 Å². The molecular formula is C21H36NO2+. The summed E-state index contributed by atoms with van der Waals surface area (Å²) >= 11 is 0. The van der Waals surface area contributed by atoms with Crippen LogP contribution in [-0.4, -0.2) is 30.5 Å². The van der Waals surface area contributed by atoms with Gasteiger partial charge in [0.05, 0.1) is 12.7 Å². The number of aliphatic hydroxyl groups excluding tert-OH is 1. The van der Waals surface area contributed by atoms with Gasteiger partial charge in [0.15, 0.2) is 0 Å². The van der Waals surface area contributed by atoms with Crippen molar-refractivity contribution in [3.8, 4) is 0 Å². The average Bonchev–Trinajstić information content (AvgIpc) is 2.58. The van der Waals surface area contributed by atoms with E-state index in [2.05, 4.69) is 57.3 Å². The molecule has 2 atom stereocenters. The minimum absolute atomic E-state index is 0.338. The van der Waals surface area contributed by atoms with Crippen molar-refractivity contribution in [3.05, 3.63) is 35.9 Å². The summed E-state index contributed by atoms with van der Waals surface area (Å²) in [5.41, 5.74) is 1.71. The van der Waals surface area contributed by atoms with Crippen molar-refractivity contribution in [2.24, 2.45) is 11.3 Å². The quantitative estimate of drug-likeness (QED) is 0.804. The molecule has 2 rings (SSSR count). The predicted molar refractivity (Wildman–Crippen MR) is 98.8 cm³/mol. The molecule has 1 aromatic rings. The number of quaternary nitrogens is 1. The van der Waals surface area contributed by atoms with Gasteiger partial charge in [-0.3, -0.25) is 0 Å². The molecule has 1 aromatic carbocycles. The van der Waals surface area contributed by atoms with Crippen LogP contribution in [0.15, 0.2) is 30.3 Å². The van der Waals surface area contributed by atoms with Gasteiger partial charge in [-0.25, -0.2) is 0 Å². The van der Waals surface area contributed by atoms with Crippen molar-refractivity contribution in [2.75, 3.05) is 13.2 Å². The molecule has 24 heavy (non-hydrogen) atoms. The monoisotopic (exact) mass is 334 g/mol. The SMILES string of the molecule is CC([NH2+]CC(O)COC1CCC(C(C)(C)C)CC1)c1ccccc1. The van der Waals surface area contributed by atoms with E-state index in [0.717, 1.165) is 18.8 Å². The Morgan fingerprint density at radius 2 is 1.75 bits per heavy atom. The Bertz CT molecular complexity index is 460. The van der Waals surface area contributed by atoms with E-state index < -0.39 is 6.10 Å². The number of rotatable bonds is 7. The summed E-state index contributed by atoms with van der Waals surface area (Å²) in [7, 11) is 0. The lowest BCUT2D eigenvalue weighted by molar-refractivity contribution is -0.698. The number of nitrogens with two attached hydrogens (primary N) is 1. The Morgan fingerprint density at radius 1 is 1.12 bits per heavy atom. The van der Waals surface area contributed by atoms with Gasteiger partial charge in [-0.1, -0.05) is 51.1 Å². The zero-order chi connectivity index (χ0) is 17.6. The predicted octanol–water partition coefficient (Wildman–Crippen LogP) is 3.29. The van der Waals surface area contributed by atoms with Gasteiger partial charge in [-0.05, 0) is 43.9 Å². The van der Waals surface area contributed by atoms with Crippen LogP contribution in [-0.2, 0) is 4.74 Å². The third-order valence-electron chi connectivity index (χ3n) is 5.51. The molecule has 0 radical (unpaired) electrons. The molecule has 0 amide bonds. The fourth-order valence-corrected chi connectivity index (χ4v) is 3.66. The van der Waals surface area contributed by atoms with Gasteiger partial charge in [-0.15, -0.1) is 0 Å². The fraction of sp³-hybridized carbons (Fsp3) is 0.714. The second kappa shape index (κ2) is 8.98. The molecule has 1 saturated carbocycles. The highest BCUT2D eigenvalue weighted by Gasteiger charge is 2.30. The van der Waals surface area contributed by atoms with E-state index in [0.29, 0.717) is 30.7 Å². The topological polar surface area (TPSA) is 46.1 Å². The van der Waals surface area contributed by atoms with Crippen molar-refractivity contribution in [2.45, 2.75) is 71.6 Å². The van der Waals surface area contributed by atoms with Gasteiger partial charge < -0.3 is 15.2 Å². The zero-order valence-corrected chi connectivity index (χ0v) is 15.9. The van der Waals surface area contributed by atoms with E-state index in [1.54, 1.807) is 0 Å². The lowest BCUT2D eigenvalue weighted by Crippen LogP contribution is -2.87.